The van der Waals surface area contributed by atoms with E-state index in [0.29, 0.717) is 12.2 Å². The van der Waals surface area contributed by atoms with Crippen molar-refractivity contribution in [2.75, 3.05) is 34.6 Å². The summed E-state index contributed by atoms with van der Waals surface area (Å²) in [5.41, 5.74) is 3.93. The maximum atomic E-state index is 11.9. The van der Waals surface area contributed by atoms with Gasteiger partial charge < -0.3 is 15.0 Å². The van der Waals surface area contributed by atoms with Crippen LogP contribution in [-0.2, 0) is 21.3 Å². The van der Waals surface area contributed by atoms with Gasteiger partial charge in [0.25, 0.3) is 0 Å². The molecule has 2 aromatic rings. The lowest BCUT2D eigenvalue weighted by molar-refractivity contribution is 0.0532. The number of ether oxygens (including phenoxy) is 1. The molecular weight excluding hydrogens is 374 g/mol. The Bertz CT molecular complexity index is 865. The highest BCUT2D eigenvalue weighted by Gasteiger charge is 2.17. The van der Waals surface area contributed by atoms with Crippen molar-refractivity contribution in [3.63, 3.8) is 0 Å². The molecule has 0 amide bonds. The molecule has 3 rings (SSSR count). The van der Waals surface area contributed by atoms with Crippen LogP contribution < -0.4 is 14.9 Å². The minimum Gasteiger partial charge on any atom is -0.381 e. The Morgan fingerprint density at radius 2 is 1.71 bits per heavy atom. The molecule has 1 saturated heterocycles. The Kier molecular flexibility index (Phi) is 6.46. The zero-order valence-corrected chi connectivity index (χ0v) is 17.5. The van der Waals surface area contributed by atoms with Gasteiger partial charge >= 0.3 is 0 Å². The minimum atomic E-state index is -3.31. The summed E-state index contributed by atoms with van der Waals surface area (Å²) in [6.45, 7) is 8.69. The summed E-state index contributed by atoms with van der Waals surface area (Å²) >= 11 is 0. The highest BCUT2D eigenvalue weighted by molar-refractivity contribution is 7.93. The first kappa shape index (κ1) is 20.5. The second kappa shape index (κ2) is 8.84. The van der Waals surface area contributed by atoms with Crippen LogP contribution >= 0.6 is 0 Å². The van der Waals surface area contributed by atoms with Crippen LogP contribution in [0.25, 0.3) is 0 Å². The predicted octanol–water partition coefficient (Wildman–Crippen LogP) is 3.67. The monoisotopic (exact) mass is 403 g/mol. The lowest BCUT2D eigenvalue weighted by Crippen LogP contribution is -2.41. The van der Waals surface area contributed by atoms with Crippen LogP contribution in [0.15, 0.2) is 48.5 Å². The number of anilines is 3. The van der Waals surface area contributed by atoms with Crippen LogP contribution in [-0.4, -0.2) is 39.5 Å². The molecule has 28 heavy (non-hydrogen) atoms. The SMILES string of the molecule is CC(C)S(=O)(=O)Nc1ccc(CNc2ccc(N3CCO[C@H](C)C3)cc2)cc1. The first-order chi connectivity index (χ1) is 13.3. The summed E-state index contributed by atoms with van der Waals surface area (Å²) in [4.78, 5) is 2.34. The molecule has 1 aliphatic rings. The van der Waals surface area contributed by atoms with Gasteiger partial charge in [-0.2, -0.15) is 0 Å². The smallest absolute Gasteiger partial charge is 0.235 e. The second-order valence-corrected chi connectivity index (χ2v) is 9.66. The van der Waals surface area contributed by atoms with Crippen molar-refractivity contribution >= 4 is 27.1 Å². The van der Waals surface area contributed by atoms with Crippen LogP contribution in [0.4, 0.5) is 17.1 Å². The number of hydrogen-bond donors (Lipinski definition) is 2. The third kappa shape index (κ3) is 5.39. The number of sulfonamides is 1. The summed E-state index contributed by atoms with van der Waals surface area (Å²) < 4.78 is 32.0. The summed E-state index contributed by atoms with van der Waals surface area (Å²) in [6.07, 6.45) is 0.263. The van der Waals surface area contributed by atoms with Gasteiger partial charge in [0.15, 0.2) is 0 Å². The molecule has 7 heteroatoms. The Hall–Kier alpha value is -2.25. The van der Waals surface area contributed by atoms with E-state index in [-0.39, 0.29) is 6.10 Å². The van der Waals surface area contributed by atoms with Crippen molar-refractivity contribution in [2.24, 2.45) is 0 Å². The largest absolute Gasteiger partial charge is 0.381 e. The summed E-state index contributed by atoms with van der Waals surface area (Å²) in [6, 6.07) is 15.9. The van der Waals surface area contributed by atoms with Crippen molar-refractivity contribution in [1.82, 2.24) is 0 Å². The average molecular weight is 404 g/mol. The molecule has 0 spiro atoms. The van der Waals surface area contributed by atoms with Gasteiger partial charge in [0.2, 0.25) is 10.0 Å². The molecule has 0 bridgehead atoms. The Balaban J connectivity index is 1.54. The molecule has 0 aliphatic carbocycles. The van der Waals surface area contributed by atoms with E-state index in [1.807, 2.05) is 12.1 Å². The van der Waals surface area contributed by atoms with Crippen LogP contribution in [0.2, 0.25) is 0 Å². The van der Waals surface area contributed by atoms with Gasteiger partial charge in [0.1, 0.15) is 0 Å². The summed E-state index contributed by atoms with van der Waals surface area (Å²) in [5, 5.41) is 2.94. The predicted molar refractivity (Wildman–Crippen MR) is 116 cm³/mol. The first-order valence-electron chi connectivity index (χ1n) is 9.64. The van der Waals surface area contributed by atoms with Gasteiger partial charge in [0.05, 0.1) is 18.0 Å². The van der Waals surface area contributed by atoms with E-state index in [2.05, 4.69) is 46.1 Å². The Labute approximate surface area is 168 Å². The van der Waals surface area contributed by atoms with Gasteiger partial charge in [0, 0.05) is 36.7 Å². The molecule has 1 heterocycles. The number of rotatable bonds is 7. The lowest BCUT2D eigenvalue weighted by atomic mass is 10.2. The van der Waals surface area contributed by atoms with Crippen molar-refractivity contribution in [2.45, 2.75) is 38.7 Å². The van der Waals surface area contributed by atoms with Crippen LogP contribution in [0.1, 0.15) is 26.3 Å². The van der Waals surface area contributed by atoms with Crippen LogP contribution in [0.3, 0.4) is 0 Å². The Morgan fingerprint density at radius 3 is 2.32 bits per heavy atom. The van der Waals surface area contributed by atoms with E-state index < -0.39 is 15.3 Å². The number of nitrogens with one attached hydrogen (secondary N) is 2. The van der Waals surface area contributed by atoms with E-state index in [4.69, 9.17) is 4.74 Å². The number of benzene rings is 2. The van der Waals surface area contributed by atoms with Crippen LogP contribution in [0.5, 0.6) is 0 Å². The van der Waals surface area contributed by atoms with Gasteiger partial charge in [-0.05, 0) is 62.7 Å². The molecule has 1 aliphatic heterocycles. The quantitative estimate of drug-likeness (QED) is 0.738. The third-order valence-electron chi connectivity index (χ3n) is 4.80. The minimum absolute atomic E-state index is 0.263. The molecule has 6 nitrogen and oxygen atoms in total. The molecule has 152 valence electrons. The maximum Gasteiger partial charge on any atom is 0.235 e. The lowest BCUT2D eigenvalue weighted by Gasteiger charge is -2.33. The normalized spacial score (nSPS) is 17.6. The summed E-state index contributed by atoms with van der Waals surface area (Å²) in [5.74, 6) is 0. The van der Waals surface area contributed by atoms with Crippen molar-refractivity contribution in [3.8, 4) is 0 Å². The van der Waals surface area contributed by atoms with E-state index in [1.54, 1.807) is 26.0 Å². The van der Waals surface area contributed by atoms with Crippen LogP contribution in [0, 0.1) is 0 Å². The fraction of sp³-hybridized carbons (Fsp3) is 0.429. The fourth-order valence-corrected chi connectivity index (χ4v) is 3.72. The zero-order valence-electron chi connectivity index (χ0n) is 16.7. The highest BCUT2D eigenvalue weighted by Crippen LogP contribution is 2.21. The molecule has 0 aromatic heterocycles. The molecule has 1 fully saturated rings. The molecule has 1 atom stereocenters. The number of hydrogen-bond acceptors (Lipinski definition) is 5. The number of morpholine rings is 1. The first-order valence-corrected chi connectivity index (χ1v) is 11.2. The van der Waals surface area contributed by atoms with Crippen molar-refractivity contribution in [3.05, 3.63) is 54.1 Å². The topological polar surface area (TPSA) is 70.7 Å². The number of nitrogens with zero attached hydrogens (tertiary/aromatic N) is 1. The van der Waals surface area contributed by atoms with Gasteiger partial charge in [-0.3, -0.25) is 4.72 Å². The highest BCUT2D eigenvalue weighted by atomic mass is 32.2. The molecule has 2 N–H and O–H groups in total. The molecular formula is C21H29N3O3S. The van der Waals surface area contributed by atoms with E-state index >= 15 is 0 Å². The van der Waals surface area contributed by atoms with Gasteiger partial charge in [-0.1, -0.05) is 12.1 Å². The van der Waals surface area contributed by atoms with Gasteiger partial charge in [-0.25, -0.2) is 8.42 Å². The molecule has 2 aromatic carbocycles. The van der Waals surface area contributed by atoms with Gasteiger partial charge in [-0.15, -0.1) is 0 Å². The Morgan fingerprint density at radius 1 is 1.07 bits per heavy atom. The maximum absolute atomic E-state index is 11.9. The molecule has 0 radical (unpaired) electrons. The molecule has 0 saturated carbocycles. The summed E-state index contributed by atoms with van der Waals surface area (Å²) in [7, 11) is -3.31. The van der Waals surface area contributed by atoms with E-state index in [9.17, 15) is 8.42 Å². The van der Waals surface area contributed by atoms with Crippen molar-refractivity contribution in [1.29, 1.82) is 0 Å². The van der Waals surface area contributed by atoms with Crippen molar-refractivity contribution < 1.29 is 13.2 Å². The fourth-order valence-electron chi connectivity index (χ4n) is 3.02. The zero-order chi connectivity index (χ0) is 20.1. The third-order valence-corrected chi connectivity index (χ3v) is 6.57. The second-order valence-electron chi connectivity index (χ2n) is 7.42. The van der Waals surface area contributed by atoms with E-state index in [0.717, 1.165) is 30.9 Å². The standard InChI is InChI=1S/C21H29N3O3S/c1-16(2)28(25,26)23-20-6-4-18(5-7-20)14-22-19-8-10-21(11-9-19)24-12-13-27-17(3)15-24/h4-11,16-17,22-23H,12-15H2,1-3H3/t17-/m1/s1. The molecule has 0 unspecified atom stereocenters. The average Bonchev–Trinajstić information content (AvgIpc) is 2.67. The van der Waals surface area contributed by atoms with E-state index in [1.165, 1.54) is 5.69 Å².